The van der Waals surface area contributed by atoms with E-state index < -0.39 is 0 Å². The highest BCUT2D eigenvalue weighted by Gasteiger charge is 2.35. The first-order valence-corrected chi connectivity index (χ1v) is 6.86. The summed E-state index contributed by atoms with van der Waals surface area (Å²) in [5, 5.41) is 0. The summed E-state index contributed by atoms with van der Waals surface area (Å²) >= 11 is 0. The Morgan fingerprint density at radius 1 is 1.35 bits per heavy atom. The lowest BCUT2D eigenvalue weighted by Gasteiger charge is -2.40. The lowest BCUT2D eigenvalue weighted by atomic mass is 9.90. The normalized spacial score (nSPS) is 22.9. The zero-order chi connectivity index (χ0) is 14.5. The van der Waals surface area contributed by atoms with Crippen molar-refractivity contribution >= 4 is 5.91 Å². The van der Waals surface area contributed by atoms with Crippen molar-refractivity contribution in [2.75, 3.05) is 27.4 Å². The molecule has 0 aliphatic carbocycles. The Kier molecular flexibility index (Phi) is 4.98. The largest absolute Gasteiger partial charge is 0.496 e. The zero-order valence-corrected chi connectivity index (χ0v) is 12.0. The van der Waals surface area contributed by atoms with E-state index in [0.717, 1.165) is 11.3 Å². The number of carbonyl (C=O) groups is 1. The smallest absolute Gasteiger partial charge is 0.223 e. The van der Waals surface area contributed by atoms with Gasteiger partial charge in [0.2, 0.25) is 5.91 Å². The van der Waals surface area contributed by atoms with Crippen LogP contribution in [0.1, 0.15) is 24.4 Å². The molecule has 1 fully saturated rings. The second kappa shape index (κ2) is 6.72. The molecule has 20 heavy (non-hydrogen) atoms. The van der Waals surface area contributed by atoms with Gasteiger partial charge in [-0.05, 0) is 12.5 Å². The highest BCUT2D eigenvalue weighted by Crippen LogP contribution is 2.35. The summed E-state index contributed by atoms with van der Waals surface area (Å²) in [4.78, 5) is 14.0. The molecule has 0 spiro atoms. The van der Waals surface area contributed by atoms with Crippen LogP contribution in [0.25, 0.3) is 0 Å². The molecule has 1 amide bonds. The van der Waals surface area contributed by atoms with Gasteiger partial charge in [0.25, 0.3) is 0 Å². The van der Waals surface area contributed by atoms with Crippen molar-refractivity contribution < 1.29 is 14.3 Å². The Balaban J connectivity index is 2.34. The molecule has 1 aliphatic heterocycles. The highest BCUT2D eigenvalue weighted by molar-refractivity contribution is 5.78. The summed E-state index contributed by atoms with van der Waals surface area (Å²) in [6.45, 7) is 1.05. The third kappa shape index (κ3) is 2.94. The van der Waals surface area contributed by atoms with Gasteiger partial charge in [-0.25, -0.2) is 0 Å². The van der Waals surface area contributed by atoms with Crippen LogP contribution in [0, 0.1) is 0 Å². The van der Waals surface area contributed by atoms with E-state index in [1.807, 2.05) is 29.2 Å². The minimum absolute atomic E-state index is 0.0825. The predicted molar refractivity (Wildman–Crippen MR) is 76.5 cm³/mol. The van der Waals surface area contributed by atoms with E-state index >= 15 is 0 Å². The van der Waals surface area contributed by atoms with Crippen molar-refractivity contribution in [2.24, 2.45) is 5.73 Å². The minimum atomic E-state index is -0.150. The van der Waals surface area contributed by atoms with Crippen LogP contribution < -0.4 is 10.5 Å². The van der Waals surface area contributed by atoms with Gasteiger partial charge in [-0.1, -0.05) is 18.2 Å². The summed E-state index contributed by atoms with van der Waals surface area (Å²) < 4.78 is 10.5. The van der Waals surface area contributed by atoms with E-state index in [2.05, 4.69) is 0 Å². The predicted octanol–water partition coefficient (Wildman–Crippen LogP) is 1.33. The average molecular weight is 278 g/mol. The fourth-order valence-corrected chi connectivity index (χ4v) is 2.74. The summed E-state index contributed by atoms with van der Waals surface area (Å²) in [6.07, 6.45) is 1.20. The Bertz CT molecular complexity index is 464. The second-order valence-corrected chi connectivity index (χ2v) is 4.97. The van der Waals surface area contributed by atoms with Gasteiger partial charge >= 0.3 is 0 Å². The molecule has 0 radical (unpaired) electrons. The molecule has 0 bridgehead atoms. The third-order valence-corrected chi connectivity index (χ3v) is 3.75. The molecule has 1 aliphatic rings. The number of rotatable bonds is 5. The Morgan fingerprint density at radius 2 is 2.10 bits per heavy atom. The van der Waals surface area contributed by atoms with Crippen molar-refractivity contribution in [3.8, 4) is 5.75 Å². The van der Waals surface area contributed by atoms with Crippen LogP contribution in [0.15, 0.2) is 24.3 Å². The monoisotopic (exact) mass is 278 g/mol. The van der Waals surface area contributed by atoms with Crippen LogP contribution in [0.3, 0.4) is 0 Å². The Hall–Kier alpha value is -1.59. The molecule has 2 unspecified atom stereocenters. The average Bonchev–Trinajstić information content (AvgIpc) is 2.48. The maximum absolute atomic E-state index is 12.2. The second-order valence-electron chi connectivity index (χ2n) is 4.97. The topological polar surface area (TPSA) is 64.8 Å². The molecule has 2 N–H and O–H groups in total. The van der Waals surface area contributed by atoms with Crippen LogP contribution >= 0.6 is 0 Å². The number of hydrogen-bond acceptors (Lipinski definition) is 4. The van der Waals surface area contributed by atoms with E-state index in [1.54, 1.807) is 14.2 Å². The Labute approximate surface area is 119 Å². The lowest BCUT2D eigenvalue weighted by molar-refractivity contribution is -0.138. The number of nitrogens with zero attached hydrogens (tertiary/aromatic N) is 1. The van der Waals surface area contributed by atoms with E-state index in [1.165, 1.54) is 0 Å². The number of amides is 1. The van der Waals surface area contributed by atoms with E-state index in [4.69, 9.17) is 15.2 Å². The first-order valence-electron chi connectivity index (χ1n) is 6.86. The van der Waals surface area contributed by atoms with Crippen molar-refractivity contribution in [1.29, 1.82) is 0 Å². The number of likely N-dealkylation sites (tertiary alicyclic amines) is 1. The van der Waals surface area contributed by atoms with Gasteiger partial charge < -0.3 is 20.1 Å². The van der Waals surface area contributed by atoms with Crippen molar-refractivity contribution in [3.63, 3.8) is 0 Å². The molecule has 1 heterocycles. The molecule has 110 valence electrons. The number of hydrogen-bond donors (Lipinski definition) is 1. The fourth-order valence-electron chi connectivity index (χ4n) is 2.74. The maximum atomic E-state index is 12.2. The summed E-state index contributed by atoms with van der Waals surface area (Å²) in [7, 11) is 3.26. The quantitative estimate of drug-likeness (QED) is 0.882. The van der Waals surface area contributed by atoms with Gasteiger partial charge in [-0.3, -0.25) is 4.79 Å². The van der Waals surface area contributed by atoms with Crippen LogP contribution in [0.2, 0.25) is 0 Å². The SMILES string of the molecule is COCCN1C(=O)CCC(N)C1c1ccccc1OC. The van der Waals surface area contributed by atoms with Gasteiger partial charge in [-0.15, -0.1) is 0 Å². The zero-order valence-electron chi connectivity index (χ0n) is 12.0. The van der Waals surface area contributed by atoms with Crippen LogP contribution in [0.5, 0.6) is 5.75 Å². The molecule has 1 saturated heterocycles. The molecular formula is C15H22N2O3. The molecule has 5 nitrogen and oxygen atoms in total. The fraction of sp³-hybridized carbons (Fsp3) is 0.533. The summed E-state index contributed by atoms with van der Waals surface area (Å²) in [5.74, 6) is 0.893. The van der Waals surface area contributed by atoms with Gasteiger partial charge in [0.15, 0.2) is 0 Å². The number of para-hydroxylation sites is 1. The summed E-state index contributed by atoms with van der Waals surface area (Å²) in [6, 6.07) is 7.50. The molecule has 5 heteroatoms. The number of carbonyl (C=O) groups excluding carboxylic acids is 1. The van der Waals surface area contributed by atoms with Crippen LogP contribution in [0.4, 0.5) is 0 Å². The number of methoxy groups -OCH3 is 2. The standard InChI is InChI=1S/C15H22N2O3/c1-19-10-9-17-14(18)8-7-12(16)15(17)11-5-3-4-6-13(11)20-2/h3-6,12,15H,7-10,16H2,1-2H3. The van der Waals surface area contributed by atoms with Crippen LogP contribution in [-0.2, 0) is 9.53 Å². The highest BCUT2D eigenvalue weighted by atomic mass is 16.5. The first kappa shape index (κ1) is 14.8. The van der Waals surface area contributed by atoms with Crippen molar-refractivity contribution in [1.82, 2.24) is 4.90 Å². The van der Waals surface area contributed by atoms with E-state index in [-0.39, 0.29) is 18.0 Å². The van der Waals surface area contributed by atoms with Gasteiger partial charge in [0.1, 0.15) is 5.75 Å². The van der Waals surface area contributed by atoms with Gasteiger partial charge in [0.05, 0.1) is 19.8 Å². The third-order valence-electron chi connectivity index (χ3n) is 3.75. The number of benzene rings is 1. The van der Waals surface area contributed by atoms with E-state index in [9.17, 15) is 4.79 Å². The van der Waals surface area contributed by atoms with E-state index in [0.29, 0.717) is 26.0 Å². The number of ether oxygens (including phenoxy) is 2. The minimum Gasteiger partial charge on any atom is -0.496 e. The van der Waals surface area contributed by atoms with Crippen molar-refractivity contribution in [2.45, 2.75) is 24.9 Å². The molecule has 1 aromatic carbocycles. The van der Waals surface area contributed by atoms with Gasteiger partial charge in [-0.2, -0.15) is 0 Å². The molecule has 2 rings (SSSR count). The first-order chi connectivity index (χ1) is 9.69. The number of piperidine rings is 1. The van der Waals surface area contributed by atoms with Crippen LogP contribution in [-0.4, -0.2) is 44.2 Å². The lowest BCUT2D eigenvalue weighted by Crippen LogP contribution is -2.49. The molecule has 1 aromatic rings. The van der Waals surface area contributed by atoms with Gasteiger partial charge in [0, 0.05) is 31.7 Å². The van der Waals surface area contributed by atoms with Crippen molar-refractivity contribution in [3.05, 3.63) is 29.8 Å². The number of nitrogens with two attached hydrogens (primary N) is 1. The molecule has 2 atom stereocenters. The maximum Gasteiger partial charge on any atom is 0.223 e. The Morgan fingerprint density at radius 3 is 2.80 bits per heavy atom. The molecular weight excluding hydrogens is 256 g/mol. The molecule has 0 saturated carbocycles. The summed E-state index contributed by atoms with van der Waals surface area (Å²) in [5.41, 5.74) is 7.23. The molecule has 0 aromatic heterocycles.